The number of carbonyl (C=O) groups excluding carboxylic acids is 3. The van der Waals surface area contributed by atoms with Crippen molar-refractivity contribution in [1.82, 2.24) is 0 Å². The van der Waals surface area contributed by atoms with Crippen LogP contribution in [0, 0.1) is 0 Å². The van der Waals surface area contributed by atoms with E-state index in [1.807, 2.05) is 0 Å². The number of carbonyl (C=O) groups is 3. The molecule has 0 fully saturated rings. The number of benzene rings is 2. The minimum atomic E-state index is -3.76. The zero-order valence-electron chi connectivity index (χ0n) is 18.8. The third-order valence-corrected chi connectivity index (χ3v) is 9.25. The molecule has 184 valence electrons. The number of ether oxygens (including phenoxy) is 1. The molecule has 0 bridgehead atoms. The van der Waals surface area contributed by atoms with Crippen LogP contribution < -0.4 is 4.90 Å². The maximum Gasteiger partial charge on any atom is 0.265 e. The second kappa shape index (κ2) is 9.61. The zero-order chi connectivity index (χ0) is 25.4. The summed E-state index contributed by atoms with van der Waals surface area (Å²) in [6, 6.07) is 14.4. The van der Waals surface area contributed by atoms with E-state index in [9.17, 15) is 22.8 Å². The number of aliphatic imine (C=N–C) groups is 1. The maximum absolute atomic E-state index is 13.1. The van der Waals surface area contributed by atoms with Crippen LogP contribution >= 0.6 is 22.9 Å². The predicted octanol–water partition coefficient (Wildman–Crippen LogP) is 3.49. The molecule has 1 aromatic heterocycles. The number of ketones is 1. The molecule has 2 amide bonds. The van der Waals surface area contributed by atoms with Crippen LogP contribution in [0.1, 0.15) is 27.0 Å². The molecule has 0 atom stereocenters. The largest absolute Gasteiger partial charge is 0.476 e. The molecule has 0 saturated carbocycles. The number of thiophene rings is 1. The van der Waals surface area contributed by atoms with Crippen LogP contribution in [-0.2, 0) is 37.0 Å². The number of fused-ring (bicyclic) bond motifs is 1. The van der Waals surface area contributed by atoms with E-state index in [1.165, 1.54) is 12.1 Å². The summed E-state index contributed by atoms with van der Waals surface area (Å²) in [5.41, 5.74) is 2.73. The van der Waals surface area contributed by atoms with Crippen molar-refractivity contribution in [2.45, 2.75) is 17.1 Å². The Bertz CT molecular complexity index is 1530. The van der Waals surface area contributed by atoms with Gasteiger partial charge in [0.1, 0.15) is 16.6 Å². The summed E-state index contributed by atoms with van der Waals surface area (Å²) in [4.78, 5) is 43.8. The molecule has 0 saturated heterocycles. The summed E-state index contributed by atoms with van der Waals surface area (Å²) >= 11 is 6.71. The van der Waals surface area contributed by atoms with Gasteiger partial charge in [-0.3, -0.25) is 14.4 Å². The molecule has 36 heavy (non-hydrogen) atoms. The number of sulfone groups is 1. The van der Waals surface area contributed by atoms with Crippen LogP contribution in [0.4, 0.5) is 5.69 Å². The Morgan fingerprint density at radius 2 is 1.86 bits per heavy atom. The first-order valence-corrected chi connectivity index (χ1v) is 13.8. The van der Waals surface area contributed by atoms with Gasteiger partial charge in [0.15, 0.2) is 15.6 Å². The van der Waals surface area contributed by atoms with E-state index < -0.39 is 27.3 Å². The summed E-state index contributed by atoms with van der Waals surface area (Å²) in [7, 11) is -3.76. The number of nitrogens with zero attached hydrogens (tertiary/aromatic N) is 2. The van der Waals surface area contributed by atoms with Crippen LogP contribution in [0.15, 0.2) is 63.8 Å². The number of hydrogen-bond donors (Lipinski definition) is 0. The van der Waals surface area contributed by atoms with E-state index in [1.54, 1.807) is 42.5 Å². The Morgan fingerprint density at radius 1 is 1.08 bits per heavy atom. The molecule has 0 radical (unpaired) electrons. The van der Waals surface area contributed by atoms with E-state index in [2.05, 4.69) is 4.99 Å². The molecule has 5 rings (SSSR count). The van der Waals surface area contributed by atoms with Gasteiger partial charge in [-0.1, -0.05) is 23.7 Å². The maximum atomic E-state index is 13.1. The summed E-state index contributed by atoms with van der Waals surface area (Å²) in [6.45, 7) is 1.10. The third-order valence-electron chi connectivity index (χ3n) is 5.76. The summed E-state index contributed by atoms with van der Waals surface area (Å²) in [6.07, 6.45) is -0.0505. The van der Waals surface area contributed by atoms with E-state index in [4.69, 9.17) is 16.3 Å². The van der Waals surface area contributed by atoms with Gasteiger partial charge in [-0.05, 0) is 53.6 Å². The molecule has 11 heteroatoms. The monoisotopic (exact) mass is 542 g/mol. The summed E-state index contributed by atoms with van der Waals surface area (Å²) < 4.78 is 30.7. The predicted molar refractivity (Wildman–Crippen MR) is 136 cm³/mol. The molecular formula is C25H19ClN2O6S2. The van der Waals surface area contributed by atoms with Crippen LogP contribution in [0.5, 0.6) is 0 Å². The van der Waals surface area contributed by atoms with Crippen molar-refractivity contribution in [2.24, 2.45) is 4.99 Å². The lowest BCUT2D eigenvalue weighted by molar-refractivity contribution is -0.118. The highest BCUT2D eigenvalue weighted by molar-refractivity contribution is 7.94. The quantitative estimate of drug-likeness (QED) is 0.423. The Kier molecular flexibility index (Phi) is 6.50. The van der Waals surface area contributed by atoms with Crippen LogP contribution in [0.3, 0.4) is 0 Å². The number of Topliss-reactive ketones (excluding diaryl/α,β-unsaturated/α-hetero) is 1. The first kappa shape index (κ1) is 24.4. The fourth-order valence-electron chi connectivity index (χ4n) is 4.12. The first-order chi connectivity index (χ1) is 17.2. The lowest BCUT2D eigenvalue weighted by Gasteiger charge is -2.27. The molecule has 8 nitrogen and oxygen atoms in total. The standard InChI is InChI=1S/C25H19ClN2O6S2/c26-21-7-8-23(35-21)36(32,33)14-19(29)11-15-1-4-18(5-2-15)28-22(30)13-17-12-16(24-27-9-10-34-24)3-6-20(17)25(28)31/h1-8,12H,9-11,13-14H2. The minimum absolute atomic E-state index is 0.0486. The van der Waals surface area contributed by atoms with Gasteiger partial charge in [0.25, 0.3) is 5.91 Å². The molecule has 3 heterocycles. The van der Waals surface area contributed by atoms with Gasteiger partial charge in [0.05, 0.1) is 23.0 Å². The van der Waals surface area contributed by atoms with Crippen molar-refractivity contribution in [1.29, 1.82) is 0 Å². The van der Waals surface area contributed by atoms with Gasteiger partial charge in [-0.15, -0.1) is 11.3 Å². The smallest absolute Gasteiger partial charge is 0.265 e. The lowest BCUT2D eigenvalue weighted by atomic mass is 9.95. The third kappa shape index (κ3) is 4.84. The molecule has 0 unspecified atom stereocenters. The van der Waals surface area contributed by atoms with Gasteiger partial charge in [0, 0.05) is 17.5 Å². The van der Waals surface area contributed by atoms with Gasteiger partial charge in [-0.2, -0.15) is 0 Å². The molecule has 0 spiro atoms. The Hall–Kier alpha value is -3.34. The second-order valence-corrected chi connectivity index (χ2v) is 12.2. The lowest BCUT2D eigenvalue weighted by Crippen LogP contribution is -2.42. The van der Waals surface area contributed by atoms with Crippen molar-refractivity contribution in [2.75, 3.05) is 23.8 Å². The summed E-state index contributed by atoms with van der Waals surface area (Å²) in [5, 5.41) is 0. The zero-order valence-corrected chi connectivity index (χ0v) is 21.2. The van der Waals surface area contributed by atoms with Crippen molar-refractivity contribution >= 4 is 62.0 Å². The van der Waals surface area contributed by atoms with E-state index in [0.29, 0.717) is 45.8 Å². The average Bonchev–Trinajstić information content (AvgIpc) is 3.52. The molecule has 3 aromatic rings. The van der Waals surface area contributed by atoms with Crippen molar-refractivity contribution in [3.8, 4) is 0 Å². The fraction of sp³-hybridized carbons (Fsp3) is 0.200. The molecule has 2 aliphatic rings. The van der Waals surface area contributed by atoms with Crippen molar-refractivity contribution in [3.63, 3.8) is 0 Å². The SMILES string of the molecule is O=C(Cc1ccc(N2C(=O)Cc3cc(C4=NCCO4)ccc3C2=O)cc1)CS(=O)(=O)c1ccc(Cl)s1. The first-order valence-electron chi connectivity index (χ1n) is 11.0. The Labute approximate surface area is 216 Å². The second-order valence-electron chi connectivity index (χ2n) is 8.32. The number of halogens is 1. The Balaban J connectivity index is 1.29. The number of anilines is 1. The topological polar surface area (TPSA) is 110 Å². The Morgan fingerprint density at radius 3 is 2.53 bits per heavy atom. The molecular weight excluding hydrogens is 524 g/mol. The van der Waals surface area contributed by atoms with Crippen LogP contribution in [0.25, 0.3) is 0 Å². The highest BCUT2D eigenvalue weighted by Crippen LogP contribution is 2.28. The van der Waals surface area contributed by atoms with Gasteiger partial charge in [0.2, 0.25) is 11.8 Å². The molecule has 2 aromatic carbocycles. The van der Waals surface area contributed by atoms with Crippen LogP contribution in [-0.4, -0.2) is 50.8 Å². The molecule has 0 aliphatic carbocycles. The van der Waals surface area contributed by atoms with Crippen molar-refractivity contribution < 1.29 is 27.5 Å². The fourth-order valence-corrected chi connectivity index (χ4v) is 6.93. The van der Waals surface area contributed by atoms with Gasteiger partial charge < -0.3 is 4.74 Å². The highest BCUT2D eigenvalue weighted by atomic mass is 35.5. The number of hydrogen-bond acceptors (Lipinski definition) is 8. The number of rotatable bonds is 7. The molecule has 2 aliphatic heterocycles. The average molecular weight is 543 g/mol. The number of imide groups is 1. The molecule has 0 N–H and O–H groups in total. The highest BCUT2D eigenvalue weighted by Gasteiger charge is 2.33. The normalized spacial score (nSPS) is 15.5. The summed E-state index contributed by atoms with van der Waals surface area (Å²) in [5.74, 6) is -1.41. The van der Waals surface area contributed by atoms with Gasteiger partial charge >= 0.3 is 0 Å². The van der Waals surface area contributed by atoms with E-state index in [0.717, 1.165) is 21.8 Å². The van der Waals surface area contributed by atoms with Gasteiger partial charge in [-0.25, -0.2) is 18.3 Å². The van der Waals surface area contributed by atoms with Crippen molar-refractivity contribution in [3.05, 3.63) is 81.2 Å². The minimum Gasteiger partial charge on any atom is -0.476 e. The van der Waals surface area contributed by atoms with E-state index >= 15 is 0 Å². The van der Waals surface area contributed by atoms with E-state index in [-0.39, 0.29) is 23.0 Å². The van der Waals surface area contributed by atoms with Crippen LogP contribution in [0.2, 0.25) is 4.34 Å². The number of amides is 2.